The topological polar surface area (TPSA) is 25.8 Å². The molecule has 2 nitrogen and oxygen atoms in total. The lowest BCUT2D eigenvalue weighted by Gasteiger charge is -2.01. The van der Waals surface area contributed by atoms with E-state index >= 15 is 0 Å². The van der Waals surface area contributed by atoms with Crippen LogP contribution in [0.15, 0.2) is 12.4 Å². The minimum Gasteiger partial charge on any atom is -0.241 e. The Hall–Kier alpha value is -0.920. The summed E-state index contributed by atoms with van der Waals surface area (Å²) in [6.45, 7) is 10.2. The van der Waals surface area contributed by atoms with Gasteiger partial charge in [-0.25, -0.2) is 9.97 Å². The summed E-state index contributed by atoms with van der Waals surface area (Å²) >= 11 is 0. The second-order valence-electron chi connectivity index (χ2n) is 2.72. The molecule has 0 N–H and O–H groups in total. The van der Waals surface area contributed by atoms with Gasteiger partial charge in [-0.2, -0.15) is 0 Å². The molecule has 2 heteroatoms. The highest BCUT2D eigenvalue weighted by Gasteiger charge is 1.97. The number of rotatable bonds is 1. The van der Waals surface area contributed by atoms with E-state index in [0.29, 0.717) is 5.92 Å². The van der Waals surface area contributed by atoms with Crippen molar-refractivity contribution in [1.29, 1.82) is 0 Å². The van der Waals surface area contributed by atoms with Crippen molar-refractivity contribution in [3.05, 3.63) is 23.8 Å². The molecule has 1 rings (SSSR count). The van der Waals surface area contributed by atoms with Crippen molar-refractivity contribution in [3.63, 3.8) is 0 Å². The highest BCUT2D eigenvalue weighted by atomic mass is 14.8. The van der Waals surface area contributed by atoms with E-state index < -0.39 is 0 Å². The molecule has 1 aromatic rings. The molecule has 0 fully saturated rings. The fraction of sp³-hybridized carbons (Fsp3) is 0.600. The van der Waals surface area contributed by atoms with Crippen LogP contribution in [0, 0.1) is 6.92 Å². The summed E-state index contributed by atoms with van der Waals surface area (Å²) in [4.78, 5) is 8.18. The number of aryl methyl sites for hydroxylation is 1. The Balaban J connectivity index is 0.000000561. The summed E-state index contributed by atoms with van der Waals surface area (Å²) in [6, 6.07) is 0. The van der Waals surface area contributed by atoms with Crippen molar-refractivity contribution in [2.75, 3.05) is 0 Å². The van der Waals surface area contributed by atoms with Crippen LogP contribution in [0.25, 0.3) is 0 Å². The summed E-state index contributed by atoms with van der Waals surface area (Å²) in [5.41, 5.74) is 1.20. The largest absolute Gasteiger partial charge is 0.241 e. The van der Waals surface area contributed by atoms with Crippen molar-refractivity contribution in [2.24, 2.45) is 0 Å². The standard InChI is InChI=1S/C8H12N2.C2H6/c1-6(2)8-4-9-7(3)10-5-8;1-2/h4-6H,1-3H3;1-2H3. The molecule has 1 aromatic heterocycles. The van der Waals surface area contributed by atoms with Gasteiger partial charge in [-0.05, 0) is 18.4 Å². The van der Waals surface area contributed by atoms with E-state index in [2.05, 4.69) is 23.8 Å². The van der Waals surface area contributed by atoms with Gasteiger partial charge in [0.05, 0.1) is 0 Å². The van der Waals surface area contributed by atoms with Gasteiger partial charge in [-0.1, -0.05) is 27.7 Å². The van der Waals surface area contributed by atoms with Gasteiger partial charge >= 0.3 is 0 Å². The zero-order chi connectivity index (χ0) is 9.56. The minimum atomic E-state index is 0.528. The van der Waals surface area contributed by atoms with E-state index in [1.807, 2.05) is 33.2 Å². The second-order valence-corrected chi connectivity index (χ2v) is 2.72. The third-order valence-electron chi connectivity index (χ3n) is 1.47. The molecule has 1 heterocycles. The number of hydrogen-bond donors (Lipinski definition) is 0. The van der Waals surface area contributed by atoms with Gasteiger partial charge in [-0.15, -0.1) is 0 Å². The summed E-state index contributed by atoms with van der Waals surface area (Å²) in [7, 11) is 0. The van der Waals surface area contributed by atoms with Gasteiger partial charge in [0.2, 0.25) is 0 Å². The molecule has 12 heavy (non-hydrogen) atoms. The second kappa shape index (κ2) is 5.70. The molecule has 0 radical (unpaired) electrons. The SMILES string of the molecule is CC.Cc1ncc(C(C)C)cn1. The van der Waals surface area contributed by atoms with Crippen LogP contribution in [-0.4, -0.2) is 9.97 Å². The van der Waals surface area contributed by atoms with Crippen LogP contribution in [0.1, 0.15) is 45.0 Å². The zero-order valence-electron chi connectivity index (χ0n) is 8.63. The third kappa shape index (κ3) is 3.46. The molecule has 68 valence electrons. The Kier molecular flexibility index (Phi) is 5.26. The van der Waals surface area contributed by atoms with E-state index in [1.54, 1.807) is 0 Å². The molecule has 0 aliphatic heterocycles. The molecule has 0 spiro atoms. The van der Waals surface area contributed by atoms with Crippen LogP contribution >= 0.6 is 0 Å². The first-order valence-electron chi connectivity index (χ1n) is 4.48. The predicted molar refractivity (Wildman–Crippen MR) is 52.2 cm³/mol. The molecular formula is C10H18N2. The first-order chi connectivity index (χ1) is 5.70. The maximum Gasteiger partial charge on any atom is 0.125 e. The van der Waals surface area contributed by atoms with Crippen LogP contribution in [0.3, 0.4) is 0 Å². The summed E-state index contributed by atoms with van der Waals surface area (Å²) in [5.74, 6) is 1.37. The highest BCUT2D eigenvalue weighted by Crippen LogP contribution is 2.10. The fourth-order valence-corrected chi connectivity index (χ4v) is 0.701. The maximum absolute atomic E-state index is 4.09. The number of aromatic nitrogens is 2. The minimum absolute atomic E-state index is 0.528. The molecule has 0 aromatic carbocycles. The molecular weight excluding hydrogens is 148 g/mol. The lowest BCUT2D eigenvalue weighted by atomic mass is 10.1. The van der Waals surface area contributed by atoms with Crippen LogP contribution < -0.4 is 0 Å². The van der Waals surface area contributed by atoms with Crippen LogP contribution in [-0.2, 0) is 0 Å². The lowest BCUT2D eigenvalue weighted by molar-refractivity contribution is 0.837. The molecule has 0 atom stereocenters. The summed E-state index contributed by atoms with van der Waals surface area (Å²) in [6.07, 6.45) is 3.76. The molecule has 0 saturated carbocycles. The van der Waals surface area contributed by atoms with E-state index in [-0.39, 0.29) is 0 Å². The summed E-state index contributed by atoms with van der Waals surface area (Å²) in [5, 5.41) is 0. The number of nitrogens with zero attached hydrogens (tertiary/aromatic N) is 2. The third-order valence-corrected chi connectivity index (χ3v) is 1.47. The zero-order valence-corrected chi connectivity index (χ0v) is 8.63. The normalized spacial score (nSPS) is 9.17. The van der Waals surface area contributed by atoms with Gasteiger partial charge in [0, 0.05) is 12.4 Å². The average molecular weight is 166 g/mol. The first-order valence-corrected chi connectivity index (χ1v) is 4.48. The van der Waals surface area contributed by atoms with E-state index in [0.717, 1.165) is 5.82 Å². The Bertz CT molecular complexity index is 202. The lowest BCUT2D eigenvalue weighted by Crippen LogP contribution is -1.92. The summed E-state index contributed by atoms with van der Waals surface area (Å²) < 4.78 is 0. The van der Waals surface area contributed by atoms with Gasteiger partial charge in [0.1, 0.15) is 5.82 Å². The van der Waals surface area contributed by atoms with Crippen molar-refractivity contribution in [2.45, 2.75) is 40.5 Å². The Labute approximate surface area is 75.1 Å². The highest BCUT2D eigenvalue weighted by molar-refractivity contribution is 5.08. The molecule has 0 aliphatic carbocycles. The van der Waals surface area contributed by atoms with Crippen LogP contribution in [0.4, 0.5) is 0 Å². The maximum atomic E-state index is 4.09. The Morgan fingerprint density at radius 3 is 1.83 bits per heavy atom. The van der Waals surface area contributed by atoms with Crippen molar-refractivity contribution in [1.82, 2.24) is 9.97 Å². The number of hydrogen-bond acceptors (Lipinski definition) is 2. The van der Waals surface area contributed by atoms with Crippen molar-refractivity contribution in [3.8, 4) is 0 Å². The first kappa shape index (κ1) is 11.1. The van der Waals surface area contributed by atoms with E-state index in [1.165, 1.54) is 5.56 Å². The monoisotopic (exact) mass is 166 g/mol. The Morgan fingerprint density at radius 2 is 1.50 bits per heavy atom. The molecule has 0 saturated heterocycles. The van der Waals surface area contributed by atoms with Gasteiger partial charge < -0.3 is 0 Å². The molecule has 0 aliphatic rings. The molecule has 0 amide bonds. The van der Waals surface area contributed by atoms with E-state index in [4.69, 9.17) is 0 Å². The molecule has 0 unspecified atom stereocenters. The fourth-order valence-electron chi connectivity index (χ4n) is 0.701. The van der Waals surface area contributed by atoms with Crippen molar-refractivity contribution < 1.29 is 0 Å². The van der Waals surface area contributed by atoms with Gasteiger partial charge in [0.25, 0.3) is 0 Å². The average Bonchev–Trinajstić information content (AvgIpc) is 2.09. The van der Waals surface area contributed by atoms with Crippen molar-refractivity contribution >= 4 is 0 Å². The van der Waals surface area contributed by atoms with Crippen LogP contribution in [0.5, 0.6) is 0 Å². The smallest absolute Gasteiger partial charge is 0.125 e. The van der Waals surface area contributed by atoms with Gasteiger partial charge in [-0.3, -0.25) is 0 Å². The van der Waals surface area contributed by atoms with E-state index in [9.17, 15) is 0 Å². The predicted octanol–water partition coefficient (Wildman–Crippen LogP) is 2.93. The Morgan fingerprint density at radius 1 is 1.08 bits per heavy atom. The van der Waals surface area contributed by atoms with Crippen LogP contribution in [0.2, 0.25) is 0 Å². The van der Waals surface area contributed by atoms with Gasteiger partial charge in [0.15, 0.2) is 0 Å². The quantitative estimate of drug-likeness (QED) is 0.641. The molecule has 0 bridgehead atoms.